The summed E-state index contributed by atoms with van der Waals surface area (Å²) in [5.74, 6) is -6.76. The Morgan fingerprint density at radius 1 is 0.625 bits per heavy atom. The van der Waals surface area contributed by atoms with Crippen molar-refractivity contribution in [2.75, 3.05) is 64.2 Å². The molecule has 0 aliphatic rings. The number of amides is 1. The van der Waals surface area contributed by atoms with Crippen molar-refractivity contribution < 1.29 is 74.4 Å². The Morgan fingerprint density at radius 3 is 1.40 bits per heavy atom. The monoisotopic (exact) mass is 989 g/mol. The van der Waals surface area contributed by atoms with Gasteiger partial charge in [-0.1, -0.05) is 0 Å². The fourth-order valence-electron chi connectivity index (χ4n) is 3.31. The number of carboxylic acid groups (broad SMARTS) is 5. The standard InChI is InChI=1S/C21H25I3N4O11.Tc/c22-11-5-12(23)20(19(24)18(11)21(38)39)25-13(29)6-27(8-15(32)33)3-1-26(7-14(30)31)2-4-28(9-16(34)35)10-17(36)37;/h5H,1-4,6-10H2,(H,25,29)(H,30,31)(H,32,33)(H,34,35)(H,36,37)(H,38,39);/i;1+1. The van der Waals surface area contributed by atoms with Gasteiger partial charge in [-0.05, 0) is 73.8 Å². The first-order valence-corrected chi connectivity index (χ1v) is 14.1. The third-order valence-electron chi connectivity index (χ3n) is 4.92. The number of nitrogens with zero attached hydrogens (tertiary/aromatic N) is 3. The number of aliphatic carboxylic acids is 4. The minimum Gasteiger partial charge on any atom is -0.480 e. The predicted octanol–water partition coefficient (Wildman–Crippen LogP) is 0.379. The van der Waals surface area contributed by atoms with E-state index in [0.29, 0.717) is 10.7 Å². The maximum absolute atomic E-state index is 12.8. The third-order valence-corrected chi connectivity index (χ3v) is 7.70. The maximum atomic E-state index is 12.8. The molecule has 0 heterocycles. The number of aromatic carboxylic acids is 1. The van der Waals surface area contributed by atoms with Crippen LogP contribution in [0.25, 0.3) is 0 Å². The number of nitrogens with one attached hydrogen (secondary N) is 1. The Labute approximate surface area is 282 Å². The number of rotatable bonds is 18. The molecule has 0 fully saturated rings. The quantitative estimate of drug-likeness (QED) is 0.110. The molecule has 15 nitrogen and oxygen atoms in total. The number of carbonyl (C=O) groups is 6. The Morgan fingerprint density at radius 2 is 1.00 bits per heavy atom. The molecule has 223 valence electrons. The van der Waals surface area contributed by atoms with Crippen molar-refractivity contribution >= 4 is 109 Å². The zero-order valence-electron chi connectivity index (χ0n) is 20.5. The second kappa shape index (κ2) is 19.0. The number of hydrogen-bond donors (Lipinski definition) is 6. The van der Waals surface area contributed by atoms with Gasteiger partial charge in [0.2, 0.25) is 5.91 Å². The molecule has 6 N–H and O–H groups in total. The number of carboxylic acids is 5. The predicted molar refractivity (Wildman–Crippen MR) is 160 cm³/mol. The first-order chi connectivity index (χ1) is 18.1. The van der Waals surface area contributed by atoms with Gasteiger partial charge in [0.25, 0.3) is 0 Å². The van der Waals surface area contributed by atoms with Gasteiger partial charge in [0.05, 0.1) is 47.5 Å². The Hall–Kier alpha value is -1.24. The molecule has 0 aliphatic carbocycles. The first kappa shape index (κ1) is 38.8. The van der Waals surface area contributed by atoms with Crippen molar-refractivity contribution in [1.29, 1.82) is 0 Å². The Balaban J connectivity index is 0.0000152. The summed E-state index contributed by atoms with van der Waals surface area (Å²) in [6.45, 7) is -2.79. The SMILES string of the molecule is O=C(O)CN(CCN(CC(=O)O)CC(=O)O)CCN(CC(=O)O)CC(=O)Nc1c(I)cc(I)c(C(=O)O)c1I.[99Tc]. The van der Waals surface area contributed by atoms with Gasteiger partial charge >= 0.3 is 29.8 Å². The molecule has 0 bridgehead atoms. The van der Waals surface area contributed by atoms with Crippen molar-refractivity contribution in [3.8, 4) is 0 Å². The van der Waals surface area contributed by atoms with Gasteiger partial charge in [0.15, 0.2) is 0 Å². The van der Waals surface area contributed by atoms with E-state index in [0.717, 1.165) is 4.90 Å². The van der Waals surface area contributed by atoms with Crippen molar-refractivity contribution in [2.24, 2.45) is 0 Å². The zero-order valence-corrected chi connectivity index (χ0v) is 28.8. The topological polar surface area (TPSA) is 225 Å². The summed E-state index contributed by atoms with van der Waals surface area (Å²) in [4.78, 5) is 72.8. The van der Waals surface area contributed by atoms with Crippen LogP contribution in [0.1, 0.15) is 10.4 Å². The number of anilines is 1. The molecule has 0 saturated carbocycles. The number of benzene rings is 1. The minimum absolute atomic E-state index is 0. The average molecular weight is 989 g/mol. The van der Waals surface area contributed by atoms with E-state index in [1.807, 2.05) is 45.2 Å². The Kier molecular flexibility index (Phi) is 18.5. The van der Waals surface area contributed by atoms with Gasteiger partial charge < -0.3 is 30.8 Å². The normalized spacial score (nSPS) is 10.8. The van der Waals surface area contributed by atoms with Crippen molar-refractivity contribution in [3.63, 3.8) is 0 Å². The second-order valence-corrected chi connectivity index (χ2v) is 11.4. The number of hydrogen-bond acceptors (Lipinski definition) is 9. The Bertz CT molecular complexity index is 1110. The van der Waals surface area contributed by atoms with E-state index in [1.165, 1.54) is 9.80 Å². The van der Waals surface area contributed by atoms with E-state index in [1.54, 1.807) is 28.7 Å². The average Bonchev–Trinajstić information content (AvgIpc) is 2.76. The molecule has 19 heteroatoms. The molecular weight excluding hydrogens is 964 g/mol. The van der Waals surface area contributed by atoms with Crippen molar-refractivity contribution in [2.45, 2.75) is 0 Å². The van der Waals surface area contributed by atoms with Crippen LogP contribution in [0, 0.1) is 10.7 Å². The van der Waals surface area contributed by atoms with Crippen LogP contribution >= 0.6 is 67.8 Å². The maximum Gasteiger partial charge on any atom is 0.337 e. The molecule has 1 aromatic carbocycles. The first-order valence-electron chi connectivity index (χ1n) is 10.9. The van der Waals surface area contributed by atoms with Gasteiger partial charge in [-0.15, -0.1) is 0 Å². The summed E-state index contributed by atoms with van der Waals surface area (Å²) < 4.78 is 1.35. The largest absolute Gasteiger partial charge is 0.480 e. The fraction of sp³-hybridized carbons (Fsp3) is 0.429. The summed E-state index contributed by atoms with van der Waals surface area (Å²) in [5, 5.41) is 48.6. The molecule has 0 atom stereocenters. The molecule has 0 aliphatic heterocycles. The molecule has 40 heavy (non-hydrogen) atoms. The smallest absolute Gasteiger partial charge is 0.337 e. The summed E-state index contributed by atoms with van der Waals surface area (Å²) >= 11 is 5.62. The van der Waals surface area contributed by atoms with Crippen LogP contribution in [-0.4, -0.2) is 135 Å². The van der Waals surface area contributed by atoms with Crippen LogP contribution in [0.15, 0.2) is 6.07 Å². The summed E-state index contributed by atoms with van der Waals surface area (Å²) in [6, 6.07) is 1.58. The van der Waals surface area contributed by atoms with Crippen molar-refractivity contribution in [1.82, 2.24) is 14.7 Å². The second-order valence-electron chi connectivity index (χ2n) is 8.03. The van der Waals surface area contributed by atoms with Gasteiger partial charge in [0, 0.05) is 53.4 Å². The van der Waals surface area contributed by atoms with Gasteiger partial charge in [-0.3, -0.25) is 38.7 Å². The van der Waals surface area contributed by atoms with Crippen LogP contribution < -0.4 is 5.32 Å². The molecule has 1 rings (SSSR count). The van der Waals surface area contributed by atoms with Crippen molar-refractivity contribution in [3.05, 3.63) is 22.3 Å². The van der Waals surface area contributed by atoms with E-state index in [2.05, 4.69) is 5.32 Å². The molecule has 1 radical (unpaired) electrons. The van der Waals surface area contributed by atoms with E-state index in [4.69, 9.17) is 10.2 Å². The molecule has 0 spiro atoms. The summed E-state index contributed by atoms with van der Waals surface area (Å²) in [6.07, 6.45) is 0. The molecule has 0 unspecified atom stereocenters. The summed E-state index contributed by atoms with van der Waals surface area (Å²) in [5.41, 5.74) is 0.275. The van der Waals surface area contributed by atoms with Crippen LogP contribution in [0.5, 0.6) is 0 Å². The number of carbonyl (C=O) groups excluding carboxylic acids is 1. The van der Waals surface area contributed by atoms with Crippen LogP contribution in [-0.2, 0) is 44.1 Å². The zero-order chi connectivity index (χ0) is 29.9. The number of halogens is 3. The molecule has 0 saturated heterocycles. The van der Waals surface area contributed by atoms with E-state index in [-0.39, 0.29) is 57.5 Å². The third kappa shape index (κ3) is 14.6. The molecular formula is C21H25I3N4O11Tc. The van der Waals surface area contributed by atoms with Gasteiger partial charge in [0.1, 0.15) is 0 Å². The van der Waals surface area contributed by atoms with E-state index in [9.17, 15) is 44.1 Å². The van der Waals surface area contributed by atoms with Crippen LogP contribution in [0.2, 0.25) is 0 Å². The van der Waals surface area contributed by atoms with E-state index < -0.39 is 68.5 Å². The minimum atomic E-state index is -1.26. The van der Waals surface area contributed by atoms with Gasteiger partial charge in [-0.2, -0.15) is 0 Å². The van der Waals surface area contributed by atoms with Gasteiger partial charge in [-0.25, -0.2) is 4.79 Å². The summed E-state index contributed by atoms with van der Waals surface area (Å²) in [7, 11) is 0. The fourth-order valence-corrected chi connectivity index (χ4v) is 7.41. The van der Waals surface area contributed by atoms with Crippen LogP contribution in [0.4, 0.5) is 5.69 Å². The molecule has 1 amide bonds. The van der Waals surface area contributed by atoms with E-state index >= 15 is 0 Å². The molecule has 1 aromatic rings. The molecule has 0 aromatic heterocycles. The van der Waals surface area contributed by atoms with Crippen LogP contribution in [0.3, 0.4) is 0 Å².